The second-order valence-corrected chi connectivity index (χ2v) is 12.6. The molecular formula is C45H29N5. The normalized spacial score (nSPS) is 11.6. The van der Waals surface area contributed by atoms with E-state index in [1.807, 2.05) is 30.3 Å². The molecule has 0 amide bonds. The van der Waals surface area contributed by atoms with Crippen LogP contribution in [0.25, 0.3) is 88.9 Å². The first-order chi connectivity index (χ1) is 24.8. The lowest BCUT2D eigenvalue weighted by Crippen LogP contribution is -1.95. The van der Waals surface area contributed by atoms with Gasteiger partial charge in [-0.05, 0) is 83.9 Å². The van der Waals surface area contributed by atoms with E-state index in [2.05, 4.69) is 159 Å². The predicted octanol–water partition coefficient (Wildman–Crippen LogP) is 11.1. The maximum atomic E-state index is 4.88. The van der Waals surface area contributed by atoms with E-state index in [1.54, 1.807) is 6.33 Å². The molecule has 0 fully saturated rings. The lowest BCUT2D eigenvalue weighted by atomic mass is 10.00. The van der Waals surface area contributed by atoms with Crippen LogP contribution in [0.3, 0.4) is 0 Å². The molecule has 3 aromatic heterocycles. The van der Waals surface area contributed by atoms with Crippen molar-refractivity contribution in [3.8, 4) is 45.3 Å². The van der Waals surface area contributed by atoms with E-state index in [0.29, 0.717) is 11.6 Å². The third-order valence-corrected chi connectivity index (χ3v) is 9.66. The zero-order valence-corrected chi connectivity index (χ0v) is 27.0. The summed E-state index contributed by atoms with van der Waals surface area (Å²) in [5.74, 6) is 1.31. The summed E-state index contributed by atoms with van der Waals surface area (Å²) in [5.41, 5.74) is 11.2. The number of hydrogen-bond donors (Lipinski definition) is 0. The minimum absolute atomic E-state index is 0.651. The third kappa shape index (κ3) is 4.52. The van der Waals surface area contributed by atoms with Crippen LogP contribution in [0.2, 0.25) is 0 Å². The summed E-state index contributed by atoms with van der Waals surface area (Å²) in [6.07, 6.45) is 1.60. The average molecular weight is 640 g/mol. The van der Waals surface area contributed by atoms with Gasteiger partial charge in [-0.25, -0.2) is 15.0 Å². The topological polar surface area (TPSA) is 48.5 Å². The first-order valence-corrected chi connectivity index (χ1v) is 16.8. The molecule has 7 aromatic carbocycles. The van der Waals surface area contributed by atoms with Crippen molar-refractivity contribution >= 4 is 43.6 Å². The molecule has 0 radical (unpaired) electrons. The summed E-state index contributed by atoms with van der Waals surface area (Å²) in [6.45, 7) is 0. The van der Waals surface area contributed by atoms with E-state index in [9.17, 15) is 0 Å². The van der Waals surface area contributed by atoms with Gasteiger partial charge < -0.3 is 9.13 Å². The van der Waals surface area contributed by atoms with E-state index < -0.39 is 0 Å². The molecule has 0 aliphatic rings. The summed E-state index contributed by atoms with van der Waals surface area (Å²) in [7, 11) is 0. The van der Waals surface area contributed by atoms with Crippen molar-refractivity contribution in [2.45, 2.75) is 0 Å². The average Bonchev–Trinajstić information content (AvgIpc) is 3.71. The van der Waals surface area contributed by atoms with Crippen molar-refractivity contribution in [1.82, 2.24) is 24.1 Å². The molecule has 0 aliphatic carbocycles. The number of aromatic nitrogens is 5. The molecule has 5 heteroatoms. The number of hydrogen-bond acceptors (Lipinski definition) is 3. The Morgan fingerprint density at radius 2 is 0.740 bits per heavy atom. The molecule has 0 bridgehead atoms. The molecule has 5 nitrogen and oxygen atoms in total. The minimum Gasteiger partial charge on any atom is -0.309 e. The van der Waals surface area contributed by atoms with Crippen LogP contribution in [0, 0.1) is 0 Å². The zero-order valence-electron chi connectivity index (χ0n) is 27.0. The summed E-state index contributed by atoms with van der Waals surface area (Å²) in [4.78, 5) is 13.9. The van der Waals surface area contributed by atoms with Gasteiger partial charge in [0.1, 0.15) is 6.33 Å². The smallest absolute Gasteiger partial charge is 0.163 e. The first-order valence-electron chi connectivity index (χ1n) is 16.8. The SMILES string of the molecule is c1ccc(-c2ncnc(-c3ccc4c(c3)c3cc(-c5ccc6c(c5)c5ccccc5n6-c5ccccc5)ccc3n4-c3ccccc3)n2)cc1. The van der Waals surface area contributed by atoms with Crippen LogP contribution in [0.1, 0.15) is 0 Å². The highest BCUT2D eigenvalue weighted by Crippen LogP contribution is 2.39. The highest BCUT2D eigenvalue weighted by atomic mass is 15.0. The minimum atomic E-state index is 0.651. The van der Waals surface area contributed by atoms with E-state index in [0.717, 1.165) is 38.9 Å². The largest absolute Gasteiger partial charge is 0.309 e. The fourth-order valence-corrected chi connectivity index (χ4v) is 7.37. The van der Waals surface area contributed by atoms with Crippen LogP contribution < -0.4 is 0 Å². The summed E-state index contributed by atoms with van der Waals surface area (Å²) in [5, 5.41) is 4.80. The van der Waals surface area contributed by atoms with Crippen molar-refractivity contribution in [2.24, 2.45) is 0 Å². The fourth-order valence-electron chi connectivity index (χ4n) is 7.37. The Morgan fingerprint density at radius 3 is 1.32 bits per heavy atom. The third-order valence-electron chi connectivity index (χ3n) is 9.66. The van der Waals surface area contributed by atoms with Gasteiger partial charge in [0.25, 0.3) is 0 Å². The molecule has 234 valence electrons. The number of para-hydroxylation sites is 3. The second-order valence-electron chi connectivity index (χ2n) is 12.6. The lowest BCUT2D eigenvalue weighted by molar-refractivity contribution is 1.07. The second kappa shape index (κ2) is 11.4. The molecule has 3 heterocycles. The Kier molecular flexibility index (Phi) is 6.42. The van der Waals surface area contributed by atoms with Crippen LogP contribution in [-0.2, 0) is 0 Å². The van der Waals surface area contributed by atoms with Crippen LogP contribution >= 0.6 is 0 Å². The van der Waals surface area contributed by atoms with Gasteiger partial charge in [0.2, 0.25) is 0 Å². The maximum Gasteiger partial charge on any atom is 0.163 e. The Bertz CT molecular complexity index is 2850. The van der Waals surface area contributed by atoms with Gasteiger partial charge in [-0.15, -0.1) is 0 Å². The molecular weight excluding hydrogens is 611 g/mol. The molecule has 50 heavy (non-hydrogen) atoms. The summed E-state index contributed by atoms with van der Waals surface area (Å²) >= 11 is 0. The number of fused-ring (bicyclic) bond motifs is 6. The molecule has 0 saturated heterocycles. The van der Waals surface area contributed by atoms with Gasteiger partial charge in [-0.2, -0.15) is 0 Å². The molecule has 0 unspecified atom stereocenters. The number of benzene rings is 7. The predicted molar refractivity (Wildman–Crippen MR) is 205 cm³/mol. The van der Waals surface area contributed by atoms with Gasteiger partial charge >= 0.3 is 0 Å². The van der Waals surface area contributed by atoms with Crippen molar-refractivity contribution in [2.75, 3.05) is 0 Å². The van der Waals surface area contributed by atoms with E-state index in [1.165, 1.54) is 38.3 Å². The molecule has 0 N–H and O–H groups in total. The van der Waals surface area contributed by atoms with E-state index >= 15 is 0 Å². The highest BCUT2D eigenvalue weighted by Gasteiger charge is 2.17. The van der Waals surface area contributed by atoms with Gasteiger partial charge in [-0.3, -0.25) is 0 Å². The quantitative estimate of drug-likeness (QED) is 0.188. The van der Waals surface area contributed by atoms with Crippen LogP contribution in [-0.4, -0.2) is 24.1 Å². The van der Waals surface area contributed by atoms with Crippen molar-refractivity contribution in [3.05, 3.63) is 176 Å². The van der Waals surface area contributed by atoms with Crippen molar-refractivity contribution in [1.29, 1.82) is 0 Å². The molecule has 10 rings (SSSR count). The highest BCUT2D eigenvalue weighted by molar-refractivity contribution is 6.13. The van der Waals surface area contributed by atoms with Gasteiger partial charge in [0, 0.05) is 44.0 Å². The number of nitrogens with zero attached hydrogens (tertiary/aromatic N) is 5. The first kappa shape index (κ1) is 28.2. The monoisotopic (exact) mass is 639 g/mol. The van der Waals surface area contributed by atoms with Crippen molar-refractivity contribution < 1.29 is 0 Å². The van der Waals surface area contributed by atoms with Crippen LogP contribution in [0.15, 0.2) is 176 Å². The standard InChI is InChI=1S/C45H29N5/c1-4-12-30(13-5-1)44-46-29-47-45(48-44)33-22-25-43-39(28-33)38-27-32(21-24-42(38)50(43)35-16-8-3-9-17-35)31-20-23-41-37(26-31)36-18-10-11-19-40(36)49(41)34-14-6-2-7-15-34/h1-29H. The van der Waals surface area contributed by atoms with Crippen LogP contribution in [0.5, 0.6) is 0 Å². The Morgan fingerprint density at radius 1 is 0.320 bits per heavy atom. The summed E-state index contributed by atoms with van der Waals surface area (Å²) in [6, 6.07) is 60.1. The zero-order chi connectivity index (χ0) is 33.0. The Labute approximate surface area is 288 Å². The number of rotatable bonds is 5. The fraction of sp³-hybridized carbons (Fsp3) is 0. The Hall–Kier alpha value is -6.85. The molecule has 0 spiro atoms. The Balaban J connectivity index is 1.17. The van der Waals surface area contributed by atoms with E-state index in [-0.39, 0.29) is 0 Å². The van der Waals surface area contributed by atoms with Gasteiger partial charge in [-0.1, -0.05) is 97.1 Å². The molecule has 0 aliphatic heterocycles. The summed E-state index contributed by atoms with van der Waals surface area (Å²) < 4.78 is 4.70. The molecule has 0 saturated carbocycles. The van der Waals surface area contributed by atoms with Gasteiger partial charge in [0.05, 0.1) is 22.1 Å². The van der Waals surface area contributed by atoms with Crippen LogP contribution in [0.4, 0.5) is 0 Å². The molecule has 10 aromatic rings. The maximum absolute atomic E-state index is 4.88. The molecule has 0 atom stereocenters. The van der Waals surface area contributed by atoms with Gasteiger partial charge in [0.15, 0.2) is 11.6 Å². The van der Waals surface area contributed by atoms with Crippen molar-refractivity contribution in [3.63, 3.8) is 0 Å². The lowest BCUT2D eigenvalue weighted by Gasteiger charge is -2.09. The van der Waals surface area contributed by atoms with E-state index in [4.69, 9.17) is 4.98 Å².